The Morgan fingerprint density at radius 2 is 1.95 bits per heavy atom. The molecule has 0 spiro atoms. The highest BCUT2D eigenvalue weighted by Gasteiger charge is 2.33. The summed E-state index contributed by atoms with van der Waals surface area (Å²) in [7, 11) is 0. The molecule has 0 amide bonds. The summed E-state index contributed by atoms with van der Waals surface area (Å²) in [5, 5.41) is 2.95. The van der Waals surface area contributed by atoms with Crippen molar-refractivity contribution in [3.05, 3.63) is 40.1 Å². The highest BCUT2D eigenvalue weighted by atomic mass is 79.9. The quantitative estimate of drug-likeness (QED) is 0.803. The summed E-state index contributed by atoms with van der Waals surface area (Å²) in [5.74, 6) is 0.526. The number of nitrogens with zero attached hydrogens (tertiary/aromatic N) is 2. The van der Waals surface area contributed by atoms with E-state index in [2.05, 4.69) is 26.2 Å². The van der Waals surface area contributed by atoms with Gasteiger partial charge < -0.3 is 9.88 Å². The number of hydrogen-bond acceptors (Lipinski definition) is 2. The normalized spacial score (nSPS) is 12.0. The summed E-state index contributed by atoms with van der Waals surface area (Å²) in [5.41, 5.74) is 0.434. The van der Waals surface area contributed by atoms with Gasteiger partial charge in [0.25, 0.3) is 0 Å². The maximum atomic E-state index is 12.9. The summed E-state index contributed by atoms with van der Waals surface area (Å²) >= 11 is 2.92. The zero-order valence-corrected chi connectivity index (χ0v) is 13.4. The van der Waals surface area contributed by atoms with Gasteiger partial charge in [0.1, 0.15) is 0 Å². The average molecular weight is 362 g/mol. The van der Waals surface area contributed by atoms with Gasteiger partial charge in [0.15, 0.2) is 0 Å². The second-order valence-corrected chi connectivity index (χ2v) is 5.88. The first kappa shape index (κ1) is 15.9. The Bertz CT molecular complexity index is 647. The second-order valence-electron chi connectivity index (χ2n) is 5.02. The lowest BCUT2D eigenvalue weighted by Gasteiger charge is -2.15. The van der Waals surface area contributed by atoms with Crippen LogP contribution in [0.4, 0.5) is 24.8 Å². The Morgan fingerprint density at radius 1 is 1.29 bits per heavy atom. The molecule has 0 unspecified atom stereocenters. The van der Waals surface area contributed by atoms with Crippen LogP contribution in [0.3, 0.4) is 0 Å². The molecule has 21 heavy (non-hydrogen) atoms. The third-order valence-electron chi connectivity index (χ3n) is 2.94. The molecular weight excluding hydrogens is 347 g/mol. The zero-order chi connectivity index (χ0) is 15.8. The molecule has 2 rings (SSSR count). The number of rotatable bonds is 3. The van der Waals surface area contributed by atoms with Crippen molar-refractivity contribution < 1.29 is 13.2 Å². The van der Waals surface area contributed by atoms with Crippen molar-refractivity contribution >= 4 is 27.6 Å². The maximum Gasteiger partial charge on any atom is 0.417 e. The molecule has 0 atom stereocenters. The van der Waals surface area contributed by atoms with Crippen molar-refractivity contribution in [2.24, 2.45) is 0 Å². The molecule has 0 bridgehead atoms. The van der Waals surface area contributed by atoms with Crippen molar-refractivity contribution in [1.29, 1.82) is 0 Å². The summed E-state index contributed by atoms with van der Waals surface area (Å²) in [6, 6.07) is 4.18. The van der Waals surface area contributed by atoms with Crippen LogP contribution in [0.25, 0.3) is 0 Å². The third-order valence-corrected chi connectivity index (χ3v) is 3.63. The molecule has 0 aliphatic heterocycles. The van der Waals surface area contributed by atoms with Crippen molar-refractivity contribution in [2.75, 3.05) is 5.32 Å². The lowest BCUT2D eigenvalue weighted by Crippen LogP contribution is -2.08. The van der Waals surface area contributed by atoms with Gasteiger partial charge in [-0.1, -0.05) is 15.9 Å². The predicted octanol–water partition coefficient (Wildman–Crippen LogP) is 5.30. The maximum absolute atomic E-state index is 12.9. The highest BCUT2D eigenvalue weighted by Crippen LogP contribution is 2.36. The minimum absolute atomic E-state index is 0.0175. The number of imidazole rings is 1. The van der Waals surface area contributed by atoms with Crippen molar-refractivity contribution in [1.82, 2.24) is 9.55 Å². The number of aryl methyl sites for hydroxylation is 1. The monoisotopic (exact) mass is 361 g/mol. The van der Waals surface area contributed by atoms with Crippen molar-refractivity contribution in [3.63, 3.8) is 0 Å². The summed E-state index contributed by atoms with van der Waals surface area (Å²) < 4.78 is 40.6. The van der Waals surface area contributed by atoms with Crippen LogP contribution in [0.15, 0.2) is 28.9 Å². The van der Waals surface area contributed by atoms with E-state index in [4.69, 9.17) is 0 Å². The first-order valence-electron chi connectivity index (χ1n) is 6.37. The lowest BCUT2D eigenvalue weighted by atomic mass is 10.2. The molecule has 114 valence electrons. The minimum Gasteiger partial charge on any atom is -0.326 e. The lowest BCUT2D eigenvalue weighted by molar-refractivity contribution is -0.138. The first-order valence-corrected chi connectivity index (χ1v) is 7.17. The average Bonchev–Trinajstić information content (AvgIpc) is 2.71. The van der Waals surface area contributed by atoms with Gasteiger partial charge in [-0.2, -0.15) is 13.2 Å². The van der Waals surface area contributed by atoms with Gasteiger partial charge in [-0.3, -0.25) is 0 Å². The van der Waals surface area contributed by atoms with Crippen LogP contribution in [-0.4, -0.2) is 9.55 Å². The number of alkyl halides is 3. The number of benzene rings is 1. The molecule has 1 aromatic heterocycles. The molecule has 1 aromatic carbocycles. The van der Waals surface area contributed by atoms with E-state index < -0.39 is 11.7 Å². The van der Waals surface area contributed by atoms with E-state index in [1.54, 1.807) is 6.07 Å². The van der Waals surface area contributed by atoms with E-state index in [-0.39, 0.29) is 10.5 Å². The van der Waals surface area contributed by atoms with Crippen LogP contribution in [0.5, 0.6) is 0 Å². The smallest absolute Gasteiger partial charge is 0.326 e. The van der Waals surface area contributed by atoms with Crippen molar-refractivity contribution in [2.45, 2.75) is 33.0 Å². The van der Waals surface area contributed by atoms with E-state index >= 15 is 0 Å². The number of anilines is 2. The van der Waals surface area contributed by atoms with E-state index in [1.165, 1.54) is 6.07 Å². The van der Waals surface area contributed by atoms with Gasteiger partial charge in [-0.05, 0) is 39.0 Å². The molecular formula is C14H15BrF3N3. The van der Waals surface area contributed by atoms with Crippen LogP contribution in [0.2, 0.25) is 0 Å². The Morgan fingerprint density at radius 3 is 2.52 bits per heavy atom. The molecule has 0 aliphatic carbocycles. The first-order chi connectivity index (χ1) is 9.68. The predicted molar refractivity (Wildman–Crippen MR) is 79.8 cm³/mol. The molecule has 3 nitrogen and oxygen atoms in total. The van der Waals surface area contributed by atoms with Crippen LogP contribution in [-0.2, 0) is 6.18 Å². The molecule has 0 saturated heterocycles. The zero-order valence-electron chi connectivity index (χ0n) is 11.8. The third kappa shape index (κ3) is 3.58. The van der Waals surface area contributed by atoms with Gasteiger partial charge in [-0.25, -0.2) is 4.98 Å². The fourth-order valence-corrected chi connectivity index (χ4v) is 2.42. The Hall–Kier alpha value is -1.50. The van der Waals surface area contributed by atoms with Crippen LogP contribution >= 0.6 is 15.9 Å². The van der Waals surface area contributed by atoms with E-state index in [9.17, 15) is 13.2 Å². The molecule has 0 saturated carbocycles. The highest BCUT2D eigenvalue weighted by molar-refractivity contribution is 9.10. The Labute approximate surface area is 129 Å². The minimum atomic E-state index is -4.40. The van der Waals surface area contributed by atoms with Gasteiger partial charge in [-0.15, -0.1) is 0 Å². The number of hydrogen-bond donors (Lipinski definition) is 1. The van der Waals surface area contributed by atoms with E-state index in [0.717, 1.165) is 11.8 Å². The molecule has 0 radical (unpaired) electrons. The fraction of sp³-hybridized carbons (Fsp3) is 0.357. The van der Waals surface area contributed by atoms with E-state index in [0.29, 0.717) is 11.6 Å². The van der Waals surface area contributed by atoms with Gasteiger partial charge >= 0.3 is 6.18 Å². The van der Waals surface area contributed by atoms with Gasteiger partial charge in [0.05, 0.1) is 11.3 Å². The molecule has 2 aromatic rings. The summed E-state index contributed by atoms with van der Waals surface area (Å²) in [6.07, 6.45) is -2.55. The van der Waals surface area contributed by atoms with Crippen LogP contribution in [0, 0.1) is 6.92 Å². The summed E-state index contributed by atoms with van der Waals surface area (Å²) in [6.45, 7) is 5.80. The number of nitrogens with one attached hydrogen (secondary N) is 1. The second kappa shape index (κ2) is 5.71. The molecule has 1 heterocycles. The molecule has 1 N–H and O–H groups in total. The van der Waals surface area contributed by atoms with Crippen molar-refractivity contribution in [3.8, 4) is 0 Å². The van der Waals surface area contributed by atoms with Gasteiger partial charge in [0.2, 0.25) is 5.95 Å². The van der Waals surface area contributed by atoms with Gasteiger partial charge in [0, 0.05) is 22.4 Å². The number of aromatic nitrogens is 2. The largest absolute Gasteiger partial charge is 0.417 e. The Kier molecular flexibility index (Phi) is 4.32. The topological polar surface area (TPSA) is 29.9 Å². The molecule has 0 aliphatic rings. The van der Waals surface area contributed by atoms with E-state index in [1.807, 2.05) is 31.5 Å². The fourth-order valence-electron chi connectivity index (χ4n) is 1.95. The summed E-state index contributed by atoms with van der Waals surface area (Å²) in [4.78, 5) is 4.30. The Balaban J connectivity index is 2.37. The standard InChI is InChI=1S/C14H15BrF3N3/c1-8(2)21-7-9(3)19-13(21)20-10-4-5-12(15)11(6-10)14(16,17)18/h4-8H,1-3H3,(H,19,20). The molecule has 0 fully saturated rings. The van der Waals surface area contributed by atoms with Crippen LogP contribution in [0.1, 0.15) is 31.1 Å². The molecule has 7 heteroatoms. The number of halogens is 4. The SMILES string of the molecule is Cc1cn(C(C)C)c(Nc2ccc(Br)c(C(F)(F)F)c2)n1. The van der Waals surface area contributed by atoms with Crippen LogP contribution < -0.4 is 5.32 Å².